The Hall–Kier alpha value is -2.86. The number of aromatic nitrogens is 1. The van der Waals surface area contributed by atoms with Crippen molar-refractivity contribution in [2.45, 2.75) is 11.4 Å². The predicted octanol–water partition coefficient (Wildman–Crippen LogP) is 0.000400. The zero-order valence-corrected chi connectivity index (χ0v) is 15.5. The average molecular weight is 409 g/mol. The molecule has 0 radical (unpaired) electrons. The number of allylic oxidation sites excluding steroid dienone is 1. The number of nitrogens with zero attached hydrogens (tertiary/aromatic N) is 3. The van der Waals surface area contributed by atoms with Crippen LogP contribution in [-0.2, 0) is 19.2 Å². The van der Waals surface area contributed by atoms with E-state index in [0.717, 1.165) is 16.9 Å². The molecule has 142 valence electrons. The molecule has 1 aromatic rings. The first-order valence-corrected chi connectivity index (χ1v) is 9.54. The molecule has 1 saturated heterocycles. The second-order valence-electron chi connectivity index (χ2n) is 5.48. The molecule has 0 spiro atoms. The van der Waals surface area contributed by atoms with E-state index in [1.54, 1.807) is 12.3 Å². The molecule has 0 aliphatic carbocycles. The quantitative estimate of drug-likeness (QED) is 0.324. The Balaban J connectivity index is 1.73. The van der Waals surface area contributed by atoms with E-state index in [-0.39, 0.29) is 27.8 Å². The molecule has 2 amide bonds. The van der Waals surface area contributed by atoms with Gasteiger partial charge in [0.25, 0.3) is 11.8 Å². The molecule has 0 aromatic carbocycles. The fraction of sp³-hybridized carbons (Fsp3) is 0.267. The number of nitrogens with two attached hydrogens (primary N) is 1. The summed E-state index contributed by atoms with van der Waals surface area (Å²) in [5.74, 6) is -1.54. The van der Waals surface area contributed by atoms with Gasteiger partial charge in [-0.05, 0) is 5.57 Å². The number of nitrogen functional groups attached to an aromatic ring is 1. The lowest BCUT2D eigenvalue weighted by Crippen LogP contribution is -2.69. The SMILES string of the molecule is C=CC1=CN2C(=O)C(NC(=O)C(=NOCC(=O)O)c3csc(N)n3)[C@H]2SC1. The first kappa shape index (κ1) is 18.9. The minimum Gasteiger partial charge on any atom is -0.479 e. The number of carbonyl (C=O) groups is 3. The van der Waals surface area contributed by atoms with Crippen molar-refractivity contribution in [1.29, 1.82) is 0 Å². The van der Waals surface area contributed by atoms with Gasteiger partial charge in [0, 0.05) is 17.3 Å². The van der Waals surface area contributed by atoms with Crippen LogP contribution in [0.15, 0.2) is 35.0 Å². The molecular weight excluding hydrogens is 394 g/mol. The molecule has 2 aliphatic rings. The van der Waals surface area contributed by atoms with Crippen LogP contribution in [0.4, 0.5) is 5.13 Å². The van der Waals surface area contributed by atoms with Gasteiger partial charge in [0.15, 0.2) is 10.8 Å². The van der Waals surface area contributed by atoms with Crippen molar-refractivity contribution in [3.63, 3.8) is 0 Å². The van der Waals surface area contributed by atoms with E-state index in [1.807, 2.05) is 0 Å². The third kappa shape index (κ3) is 3.95. The molecule has 4 N–H and O–H groups in total. The Bertz CT molecular complexity index is 865. The Labute approximate surface area is 161 Å². The summed E-state index contributed by atoms with van der Waals surface area (Å²) in [6.45, 7) is 2.96. The van der Waals surface area contributed by atoms with Gasteiger partial charge in [-0.25, -0.2) is 9.78 Å². The van der Waals surface area contributed by atoms with E-state index in [4.69, 9.17) is 10.8 Å². The van der Waals surface area contributed by atoms with Gasteiger partial charge < -0.3 is 25.9 Å². The number of thioether (sulfide) groups is 1. The van der Waals surface area contributed by atoms with Crippen LogP contribution in [0.5, 0.6) is 0 Å². The highest BCUT2D eigenvalue weighted by Gasteiger charge is 2.49. The summed E-state index contributed by atoms with van der Waals surface area (Å²) in [5.41, 5.74) is 6.38. The highest BCUT2D eigenvalue weighted by Crippen LogP contribution is 2.36. The second-order valence-corrected chi connectivity index (χ2v) is 7.48. The molecule has 3 heterocycles. The maximum absolute atomic E-state index is 12.6. The highest BCUT2D eigenvalue weighted by atomic mass is 32.2. The number of β-lactam (4-membered cyclic amide) rings is 1. The summed E-state index contributed by atoms with van der Waals surface area (Å²) >= 11 is 2.59. The molecule has 0 bridgehead atoms. The smallest absolute Gasteiger partial charge is 0.344 e. The predicted molar refractivity (Wildman–Crippen MR) is 100.0 cm³/mol. The summed E-state index contributed by atoms with van der Waals surface area (Å²) in [4.78, 5) is 45.7. The molecule has 3 rings (SSSR count). The van der Waals surface area contributed by atoms with Gasteiger partial charge in [-0.15, -0.1) is 23.1 Å². The average Bonchev–Trinajstić information content (AvgIpc) is 3.08. The van der Waals surface area contributed by atoms with E-state index < -0.39 is 24.5 Å². The van der Waals surface area contributed by atoms with Crippen molar-refractivity contribution in [3.05, 3.63) is 35.5 Å². The molecule has 1 aromatic heterocycles. The molecule has 2 aliphatic heterocycles. The van der Waals surface area contributed by atoms with Crippen LogP contribution < -0.4 is 11.1 Å². The number of rotatable bonds is 7. The highest BCUT2D eigenvalue weighted by molar-refractivity contribution is 8.00. The monoisotopic (exact) mass is 409 g/mol. The minimum atomic E-state index is -1.25. The van der Waals surface area contributed by atoms with Crippen molar-refractivity contribution in [3.8, 4) is 0 Å². The number of oxime groups is 1. The van der Waals surface area contributed by atoms with Gasteiger partial charge in [-0.1, -0.05) is 17.8 Å². The first-order valence-electron chi connectivity index (χ1n) is 7.61. The van der Waals surface area contributed by atoms with Crippen LogP contribution in [0.25, 0.3) is 0 Å². The van der Waals surface area contributed by atoms with Crippen molar-refractivity contribution in [2.75, 3.05) is 18.1 Å². The Morgan fingerprint density at radius 1 is 1.59 bits per heavy atom. The standard InChI is InChI=1S/C15H15N5O5S2/c1-2-7-3-20-13(24)11(14(20)26-5-7)18-12(23)10(19-25-4-9(21)22)8-6-27-15(16)17-8/h2-3,6,11,14H,1,4-5H2,(H2,16,17)(H,18,23)(H,21,22)/t11?,14-/m1/s1. The maximum atomic E-state index is 12.6. The normalized spacial score (nSPS) is 21.6. The van der Waals surface area contributed by atoms with Crippen LogP contribution >= 0.6 is 23.1 Å². The molecule has 1 unspecified atom stereocenters. The zero-order valence-electron chi connectivity index (χ0n) is 13.8. The topological polar surface area (TPSA) is 147 Å². The Morgan fingerprint density at radius 2 is 2.37 bits per heavy atom. The van der Waals surface area contributed by atoms with Crippen molar-refractivity contribution >= 4 is 51.7 Å². The molecule has 10 nitrogen and oxygen atoms in total. The summed E-state index contributed by atoms with van der Waals surface area (Å²) < 4.78 is 0. The number of aliphatic carboxylic acids is 1. The van der Waals surface area contributed by atoms with E-state index in [2.05, 4.69) is 26.9 Å². The summed E-state index contributed by atoms with van der Waals surface area (Å²) in [6, 6.07) is -0.731. The maximum Gasteiger partial charge on any atom is 0.344 e. The van der Waals surface area contributed by atoms with Crippen LogP contribution in [0.1, 0.15) is 5.69 Å². The molecule has 12 heteroatoms. The van der Waals surface area contributed by atoms with Crippen LogP contribution in [0.3, 0.4) is 0 Å². The number of carboxylic acid groups (broad SMARTS) is 1. The lowest BCUT2D eigenvalue weighted by Gasteiger charge is -2.47. The van der Waals surface area contributed by atoms with Gasteiger partial charge >= 0.3 is 5.97 Å². The molecular formula is C15H15N5O5S2. The van der Waals surface area contributed by atoms with Crippen LogP contribution in [0, 0.1) is 0 Å². The van der Waals surface area contributed by atoms with Gasteiger partial charge in [0.2, 0.25) is 6.61 Å². The minimum absolute atomic E-state index is 0.133. The number of anilines is 1. The number of carbonyl (C=O) groups excluding carboxylic acids is 2. The van der Waals surface area contributed by atoms with Crippen molar-refractivity contribution in [2.24, 2.45) is 5.16 Å². The number of fused-ring (bicyclic) bond motifs is 1. The van der Waals surface area contributed by atoms with E-state index >= 15 is 0 Å². The second kappa shape index (κ2) is 7.80. The summed E-state index contributed by atoms with van der Waals surface area (Å²) in [7, 11) is 0. The van der Waals surface area contributed by atoms with Gasteiger partial charge in [0.1, 0.15) is 17.1 Å². The van der Waals surface area contributed by atoms with Gasteiger partial charge in [0.05, 0.1) is 0 Å². The molecule has 1 fully saturated rings. The summed E-state index contributed by atoms with van der Waals surface area (Å²) in [6.07, 6.45) is 3.39. The number of carboxylic acids is 1. The van der Waals surface area contributed by atoms with Crippen LogP contribution in [-0.4, -0.2) is 62.3 Å². The third-order valence-corrected chi connectivity index (χ3v) is 5.69. The lowest BCUT2D eigenvalue weighted by molar-refractivity contribution is -0.143. The zero-order chi connectivity index (χ0) is 19.6. The third-order valence-electron chi connectivity index (χ3n) is 3.68. The number of thiazole rings is 1. The summed E-state index contributed by atoms with van der Waals surface area (Å²) in [5, 5.41) is 16.3. The van der Waals surface area contributed by atoms with E-state index in [0.29, 0.717) is 5.75 Å². The number of hydrogen-bond acceptors (Lipinski definition) is 9. The Kier molecular flexibility index (Phi) is 5.46. The fourth-order valence-electron chi connectivity index (χ4n) is 2.40. The van der Waals surface area contributed by atoms with E-state index in [1.165, 1.54) is 22.0 Å². The van der Waals surface area contributed by atoms with Crippen molar-refractivity contribution < 1.29 is 24.3 Å². The fourth-order valence-corrected chi connectivity index (χ4v) is 4.21. The number of hydrogen-bond donors (Lipinski definition) is 3. The first-order chi connectivity index (χ1) is 12.9. The van der Waals surface area contributed by atoms with Gasteiger partial charge in [-0.2, -0.15) is 0 Å². The molecule has 2 atom stereocenters. The number of nitrogens with one attached hydrogen (secondary N) is 1. The molecule has 0 saturated carbocycles. The van der Waals surface area contributed by atoms with Crippen molar-refractivity contribution in [1.82, 2.24) is 15.2 Å². The van der Waals surface area contributed by atoms with E-state index in [9.17, 15) is 14.4 Å². The Morgan fingerprint density at radius 3 is 3.00 bits per heavy atom. The van der Waals surface area contributed by atoms with Crippen LogP contribution in [0.2, 0.25) is 0 Å². The molecule has 27 heavy (non-hydrogen) atoms. The number of amides is 2. The largest absolute Gasteiger partial charge is 0.479 e. The lowest BCUT2D eigenvalue weighted by atomic mass is 10.1. The van der Waals surface area contributed by atoms with Gasteiger partial charge in [-0.3, -0.25) is 9.59 Å².